The summed E-state index contributed by atoms with van der Waals surface area (Å²) in [5.74, 6) is 2.88. The maximum absolute atomic E-state index is 12.5. The van der Waals surface area contributed by atoms with Gasteiger partial charge in [0.2, 0.25) is 0 Å². The molecule has 116 valence electrons. The minimum absolute atomic E-state index is 0.00916. The van der Waals surface area contributed by atoms with Gasteiger partial charge in [-0.25, -0.2) is 0 Å². The Kier molecular flexibility index (Phi) is 6.21. The molecule has 2 fully saturated rings. The van der Waals surface area contributed by atoms with Gasteiger partial charge in [0, 0.05) is 6.04 Å². The predicted octanol–water partition coefficient (Wildman–Crippen LogP) is 3.37. The molecule has 4 heteroatoms. The second-order valence-electron chi connectivity index (χ2n) is 6.10. The quantitative estimate of drug-likeness (QED) is 0.523. The van der Waals surface area contributed by atoms with Gasteiger partial charge in [0.1, 0.15) is 5.54 Å². The highest BCUT2D eigenvalue weighted by Gasteiger charge is 2.51. The molecule has 0 saturated heterocycles. The number of carbonyl (C=O) groups is 1. The van der Waals surface area contributed by atoms with Gasteiger partial charge in [-0.2, -0.15) is 11.8 Å². The number of esters is 1. The topological polar surface area (TPSA) is 38.3 Å². The van der Waals surface area contributed by atoms with Gasteiger partial charge in [-0.1, -0.05) is 13.3 Å². The van der Waals surface area contributed by atoms with Gasteiger partial charge < -0.3 is 4.74 Å². The van der Waals surface area contributed by atoms with Crippen molar-refractivity contribution in [2.75, 3.05) is 18.1 Å². The highest BCUT2D eigenvalue weighted by molar-refractivity contribution is 7.99. The molecule has 0 amide bonds. The van der Waals surface area contributed by atoms with Gasteiger partial charge in [-0.15, -0.1) is 0 Å². The number of hydrogen-bond donors (Lipinski definition) is 1. The van der Waals surface area contributed by atoms with E-state index >= 15 is 0 Å². The van der Waals surface area contributed by atoms with Crippen LogP contribution in [-0.4, -0.2) is 35.7 Å². The molecule has 2 unspecified atom stereocenters. The van der Waals surface area contributed by atoms with Crippen molar-refractivity contribution in [3.63, 3.8) is 0 Å². The van der Waals surface area contributed by atoms with Crippen LogP contribution in [0.5, 0.6) is 0 Å². The first kappa shape index (κ1) is 16.2. The lowest BCUT2D eigenvalue weighted by Gasteiger charge is -2.34. The van der Waals surface area contributed by atoms with E-state index < -0.39 is 0 Å². The van der Waals surface area contributed by atoms with E-state index in [4.69, 9.17) is 4.74 Å². The van der Waals surface area contributed by atoms with Gasteiger partial charge >= 0.3 is 5.97 Å². The molecule has 1 N–H and O–H groups in total. The van der Waals surface area contributed by atoms with Gasteiger partial charge in [0.25, 0.3) is 0 Å². The fourth-order valence-electron chi connectivity index (χ4n) is 3.31. The molecule has 2 saturated carbocycles. The summed E-state index contributed by atoms with van der Waals surface area (Å²) in [7, 11) is 0. The van der Waals surface area contributed by atoms with Crippen molar-refractivity contribution >= 4 is 17.7 Å². The molecule has 0 radical (unpaired) electrons. The molecule has 0 aromatic rings. The molecule has 0 spiro atoms. The van der Waals surface area contributed by atoms with Crippen LogP contribution in [0.25, 0.3) is 0 Å². The molecular formula is C16H29NO2S. The van der Waals surface area contributed by atoms with Crippen LogP contribution in [0.2, 0.25) is 0 Å². The van der Waals surface area contributed by atoms with Crippen LogP contribution in [0.4, 0.5) is 0 Å². The Bertz CT molecular complexity index is 320. The normalized spacial score (nSPS) is 29.6. The number of hydrogen-bond acceptors (Lipinski definition) is 4. The Hall–Kier alpha value is -0.220. The van der Waals surface area contributed by atoms with Crippen molar-refractivity contribution in [2.45, 2.75) is 70.4 Å². The van der Waals surface area contributed by atoms with E-state index in [1.54, 1.807) is 0 Å². The Morgan fingerprint density at radius 3 is 2.75 bits per heavy atom. The fraction of sp³-hybridized carbons (Fsp3) is 0.938. The van der Waals surface area contributed by atoms with Crippen LogP contribution in [-0.2, 0) is 9.53 Å². The molecule has 0 bridgehead atoms. The number of thioether (sulfide) groups is 1. The standard InChI is InChI=1S/C16H29NO2S/c1-3-11-20-12-9-13-6-5-10-16(13,15(18)19-4-2)17-14-7-8-14/h13-14,17H,3-12H2,1-2H3. The lowest BCUT2D eigenvalue weighted by atomic mass is 9.84. The SMILES string of the molecule is CCCSCCC1CCCC1(NC1CC1)C(=O)OCC. The molecule has 0 aliphatic heterocycles. The summed E-state index contributed by atoms with van der Waals surface area (Å²) in [4.78, 5) is 12.5. The van der Waals surface area contributed by atoms with Crippen molar-refractivity contribution in [3.05, 3.63) is 0 Å². The third-order valence-electron chi connectivity index (χ3n) is 4.46. The Balaban J connectivity index is 1.96. The molecule has 2 atom stereocenters. The lowest BCUT2D eigenvalue weighted by molar-refractivity contribution is -0.153. The van der Waals surface area contributed by atoms with E-state index in [0.717, 1.165) is 19.3 Å². The predicted molar refractivity (Wildman–Crippen MR) is 85.1 cm³/mol. The minimum Gasteiger partial charge on any atom is -0.465 e. The van der Waals surface area contributed by atoms with E-state index in [2.05, 4.69) is 12.2 Å². The van der Waals surface area contributed by atoms with Gasteiger partial charge in [-0.05, 0) is 62.9 Å². The van der Waals surface area contributed by atoms with Crippen molar-refractivity contribution in [1.29, 1.82) is 0 Å². The van der Waals surface area contributed by atoms with Gasteiger partial charge in [0.15, 0.2) is 0 Å². The average molecular weight is 299 g/mol. The first-order valence-electron chi connectivity index (χ1n) is 8.25. The molecule has 0 aromatic heterocycles. The van der Waals surface area contributed by atoms with E-state index in [9.17, 15) is 4.79 Å². The fourth-order valence-corrected chi connectivity index (χ4v) is 4.25. The van der Waals surface area contributed by atoms with E-state index in [1.807, 2.05) is 18.7 Å². The Labute approximate surface area is 127 Å². The third kappa shape index (κ3) is 3.91. The first-order valence-corrected chi connectivity index (χ1v) is 9.41. The molecule has 2 aliphatic carbocycles. The van der Waals surface area contributed by atoms with Crippen LogP contribution in [0, 0.1) is 5.92 Å². The second kappa shape index (κ2) is 7.69. The number of ether oxygens (including phenoxy) is 1. The summed E-state index contributed by atoms with van der Waals surface area (Å²) in [6, 6.07) is 0.559. The molecule has 20 heavy (non-hydrogen) atoms. The van der Waals surface area contributed by atoms with Crippen molar-refractivity contribution in [1.82, 2.24) is 5.32 Å². The summed E-state index contributed by atoms with van der Waals surface area (Å²) in [6.45, 7) is 4.62. The number of nitrogens with one attached hydrogen (secondary N) is 1. The third-order valence-corrected chi connectivity index (χ3v) is 5.68. The van der Waals surface area contributed by atoms with Crippen molar-refractivity contribution in [3.8, 4) is 0 Å². The van der Waals surface area contributed by atoms with Crippen molar-refractivity contribution < 1.29 is 9.53 Å². The highest BCUT2D eigenvalue weighted by atomic mass is 32.2. The van der Waals surface area contributed by atoms with Crippen LogP contribution >= 0.6 is 11.8 Å². The zero-order chi connectivity index (χ0) is 14.4. The van der Waals surface area contributed by atoms with Gasteiger partial charge in [-0.3, -0.25) is 10.1 Å². The monoisotopic (exact) mass is 299 g/mol. The minimum atomic E-state index is -0.371. The summed E-state index contributed by atoms with van der Waals surface area (Å²) in [6.07, 6.45) is 8.11. The van der Waals surface area contributed by atoms with Crippen LogP contribution in [0.3, 0.4) is 0 Å². The van der Waals surface area contributed by atoms with E-state index in [0.29, 0.717) is 18.6 Å². The maximum Gasteiger partial charge on any atom is 0.326 e. The van der Waals surface area contributed by atoms with Crippen molar-refractivity contribution in [2.24, 2.45) is 5.92 Å². The maximum atomic E-state index is 12.5. The molecule has 0 heterocycles. The first-order chi connectivity index (χ1) is 9.73. The van der Waals surface area contributed by atoms with E-state index in [-0.39, 0.29) is 11.5 Å². The molecule has 3 nitrogen and oxygen atoms in total. The summed E-state index contributed by atoms with van der Waals surface area (Å²) >= 11 is 2.02. The van der Waals surface area contributed by atoms with Crippen LogP contribution < -0.4 is 5.32 Å². The smallest absolute Gasteiger partial charge is 0.326 e. The highest BCUT2D eigenvalue weighted by Crippen LogP contribution is 2.41. The zero-order valence-electron chi connectivity index (χ0n) is 13.0. The van der Waals surface area contributed by atoms with E-state index in [1.165, 1.54) is 37.2 Å². The zero-order valence-corrected chi connectivity index (χ0v) is 13.8. The average Bonchev–Trinajstić information content (AvgIpc) is 3.15. The number of rotatable bonds is 9. The number of carbonyl (C=O) groups excluding carboxylic acids is 1. The summed E-state index contributed by atoms with van der Waals surface area (Å²) in [5.41, 5.74) is -0.371. The molecule has 2 aliphatic rings. The summed E-state index contributed by atoms with van der Waals surface area (Å²) in [5, 5.41) is 3.66. The van der Waals surface area contributed by atoms with Gasteiger partial charge in [0.05, 0.1) is 6.61 Å². The molecular weight excluding hydrogens is 270 g/mol. The molecule has 2 rings (SSSR count). The Morgan fingerprint density at radius 1 is 1.30 bits per heavy atom. The lowest BCUT2D eigenvalue weighted by Crippen LogP contribution is -2.56. The molecule has 0 aromatic carbocycles. The van der Waals surface area contributed by atoms with Crippen LogP contribution in [0.1, 0.15) is 58.8 Å². The summed E-state index contributed by atoms with van der Waals surface area (Å²) < 4.78 is 5.41. The second-order valence-corrected chi connectivity index (χ2v) is 7.33. The van der Waals surface area contributed by atoms with Crippen LogP contribution in [0.15, 0.2) is 0 Å². The Morgan fingerprint density at radius 2 is 2.10 bits per heavy atom. The largest absolute Gasteiger partial charge is 0.465 e.